The highest BCUT2D eigenvalue weighted by atomic mass is 32.1. The monoisotopic (exact) mass is 462 g/mol. The molecule has 2 amide bonds. The first-order chi connectivity index (χ1) is 15.5. The molecule has 176 valence electrons. The molecule has 2 saturated heterocycles. The third-order valence-electron chi connectivity index (χ3n) is 5.90. The Kier molecular flexibility index (Phi) is 9.11. The second-order valence-corrected chi connectivity index (χ2v) is 8.53. The van der Waals surface area contributed by atoms with Crippen molar-refractivity contribution in [1.82, 2.24) is 15.5 Å². The minimum Gasteiger partial charge on any atom is -0.462 e. The Morgan fingerprint density at radius 3 is 2.41 bits per heavy atom. The largest absolute Gasteiger partial charge is 0.462 e. The quantitative estimate of drug-likeness (QED) is 0.295. The fourth-order valence-electron chi connectivity index (χ4n) is 4.49. The van der Waals surface area contributed by atoms with Gasteiger partial charge in [0.15, 0.2) is 5.11 Å². The molecule has 3 atom stereocenters. The third kappa shape index (κ3) is 6.56. The van der Waals surface area contributed by atoms with Gasteiger partial charge < -0.3 is 30.3 Å². The first-order valence-electron chi connectivity index (χ1n) is 11.5. The number of nitrogens with one attached hydrogen (secondary N) is 3. The Bertz CT molecular complexity index is 775. The normalized spacial score (nSPS) is 21.7. The number of esters is 1. The Balaban J connectivity index is 1.44. The fourth-order valence-corrected chi connectivity index (χ4v) is 4.89. The van der Waals surface area contributed by atoms with Crippen molar-refractivity contribution >= 4 is 35.0 Å². The maximum atomic E-state index is 12.5. The molecule has 3 rings (SSSR count). The van der Waals surface area contributed by atoms with Crippen molar-refractivity contribution in [2.45, 2.75) is 64.1 Å². The van der Waals surface area contributed by atoms with E-state index in [1.165, 1.54) is 0 Å². The maximum Gasteiger partial charge on any atom is 0.338 e. The van der Waals surface area contributed by atoms with Crippen LogP contribution in [0.3, 0.4) is 0 Å². The van der Waals surface area contributed by atoms with Gasteiger partial charge in [0.1, 0.15) is 0 Å². The summed E-state index contributed by atoms with van der Waals surface area (Å²) in [6.45, 7) is 6.39. The van der Waals surface area contributed by atoms with E-state index in [2.05, 4.69) is 20.9 Å². The van der Waals surface area contributed by atoms with Gasteiger partial charge in [0.05, 0.1) is 12.2 Å². The SMILES string of the molecule is CCOCCCNC(=S)N1[C@@H]2CC[C@H]1CC(NC(=O)Nc1ccc(C(=O)OCC)cc1)C2. The van der Waals surface area contributed by atoms with Crippen LogP contribution in [-0.2, 0) is 9.47 Å². The molecule has 0 aliphatic carbocycles. The molecule has 2 aliphatic rings. The van der Waals surface area contributed by atoms with Crippen LogP contribution >= 0.6 is 12.2 Å². The van der Waals surface area contributed by atoms with Gasteiger partial charge in [-0.15, -0.1) is 0 Å². The first kappa shape index (κ1) is 24.3. The molecule has 2 fully saturated rings. The highest BCUT2D eigenvalue weighted by molar-refractivity contribution is 7.80. The zero-order chi connectivity index (χ0) is 22.9. The molecule has 0 radical (unpaired) electrons. The van der Waals surface area contributed by atoms with Crippen molar-refractivity contribution in [3.63, 3.8) is 0 Å². The van der Waals surface area contributed by atoms with Gasteiger partial charge in [0, 0.05) is 43.6 Å². The summed E-state index contributed by atoms with van der Waals surface area (Å²) in [4.78, 5) is 26.6. The highest BCUT2D eigenvalue weighted by Gasteiger charge is 2.42. The summed E-state index contributed by atoms with van der Waals surface area (Å²) in [5.74, 6) is -0.368. The lowest BCUT2D eigenvalue weighted by Crippen LogP contribution is -2.55. The number of rotatable bonds is 9. The number of carbonyl (C=O) groups excluding carboxylic acids is 2. The molecule has 2 aliphatic heterocycles. The predicted molar refractivity (Wildman–Crippen MR) is 128 cm³/mol. The molecule has 1 aromatic rings. The second kappa shape index (κ2) is 12.0. The summed E-state index contributed by atoms with van der Waals surface area (Å²) in [5, 5.41) is 10.1. The number of nitrogens with zero attached hydrogens (tertiary/aromatic N) is 1. The van der Waals surface area contributed by atoms with Crippen molar-refractivity contribution in [2.75, 3.05) is 31.7 Å². The molecule has 2 heterocycles. The number of thiocarbonyl (C=S) groups is 1. The first-order valence-corrected chi connectivity index (χ1v) is 11.9. The van der Waals surface area contributed by atoms with Crippen LogP contribution in [0.1, 0.15) is 56.3 Å². The van der Waals surface area contributed by atoms with Gasteiger partial charge in [-0.25, -0.2) is 9.59 Å². The minimum absolute atomic E-state index is 0.114. The lowest BCUT2D eigenvalue weighted by Gasteiger charge is -2.40. The van der Waals surface area contributed by atoms with Crippen LogP contribution in [0, 0.1) is 0 Å². The zero-order valence-corrected chi connectivity index (χ0v) is 19.7. The molecule has 9 heteroatoms. The Morgan fingerprint density at radius 1 is 1.09 bits per heavy atom. The molecule has 32 heavy (non-hydrogen) atoms. The number of anilines is 1. The van der Waals surface area contributed by atoms with Crippen molar-refractivity contribution in [1.29, 1.82) is 0 Å². The van der Waals surface area contributed by atoms with E-state index in [0.717, 1.165) is 57.0 Å². The maximum absolute atomic E-state index is 12.5. The van der Waals surface area contributed by atoms with Crippen LogP contribution in [-0.4, -0.2) is 66.5 Å². The van der Waals surface area contributed by atoms with E-state index in [0.29, 0.717) is 29.9 Å². The molecule has 3 N–H and O–H groups in total. The molecule has 0 saturated carbocycles. The third-order valence-corrected chi connectivity index (χ3v) is 6.26. The molecular weight excluding hydrogens is 428 g/mol. The molecule has 1 unspecified atom stereocenters. The van der Waals surface area contributed by atoms with E-state index < -0.39 is 0 Å². The van der Waals surface area contributed by atoms with Crippen molar-refractivity contribution in [2.24, 2.45) is 0 Å². The molecule has 8 nitrogen and oxygen atoms in total. The van der Waals surface area contributed by atoms with Crippen LogP contribution in [0.2, 0.25) is 0 Å². The van der Waals surface area contributed by atoms with Crippen molar-refractivity contribution in [3.05, 3.63) is 29.8 Å². The summed E-state index contributed by atoms with van der Waals surface area (Å²) in [6, 6.07) is 7.29. The Labute approximate surface area is 195 Å². The molecule has 0 aromatic heterocycles. The van der Waals surface area contributed by atoms with E-state index in [-0.39, 0.29) is 18.0 Å². The summed E-state index contributed by atoms with van der Waals surface area (Å²) >= 11 is 5.65. The zero-order valence-electron chi connectivity index (χ0n) is 18.9. The topological polar surface area (TPSA) is 91.9 Å². The molecule has 0 spiro atoms. The van der Waals surface area contributed by atoms with Crippen LogP contribution < -0.4 is 16.0 Å². The fraction of sp³-hybridized carbons (Fsp3) is 0.609. The second-order valence-electron chi connectivity index (χ2n) is 8.14. The molecular formula is C23H34N4O4S. The Hall–Kier alpha value is -2.39. The number of hydrogen-bond acceptors (Lipinski definition) is 5. The van der Waals surface area contributed by atoms with Crippen molar-refractivity contribution in [3.8, 4) is 0 Å². The number of piperidine rings is 1. The van der Waals surface area contributed by atoms with E-state index in [1.807, 2.05) is 6.92 Å². The number of ether oxygens (including phenoxy) is 2. The van der Waals surface area contributed by atoms with Crippen LogP contribution in [0.4, 0.5) is 10.5 Å². The lowest BCUT2D eigenvalue weighted by molar-refractivity contribution is 0.0526. The van der Waals surface area contributed by atoms with Crippen LogP contribution in [0.5, 0.6) is 0 Å². The van der Waals surface area contributed by atoms with Gasteiger partial charge in [0.25, 0.3) is 0 Å². The average molecular weight is 463 g/mol. The van der Waals surface area contributed by atoms with Gasteiger partial charge in [-0.3, -0.25) is 0 Å². The van der Waals surface area contributed by atoms with Crippen LogP contribution in [0.25, 0.3) is 0 Å². The summed E-state index contributed by atoms with van der Waals surface area (Å²) < 4.78 is 10.3. The van der Waals surface area contributed by atoms with E-state index in [9.17, 15) is 9.59 Å². The Morgan fingerprint density at radius 2 is 1.78 bits per heavy atom. The molecule has 2 bridgehead atoms. The van der Waals surface area contributed by atoms with Gasteiger partial charge in [-0.05, 0) is 82.4 Å². The van der Waals surface area contributed by atoms with Gasteiger partial charge in [-0.2, -0.15) is 0 Å². The van der Waals surface area contributed by atoms with Gasteiger partial charge in [0.2, 0.25) is 0 Å². The van der Waals surface area contributed by atoms with Gasteiger partial charge >= 0.3 is 12.0 Å². The highest BCUT2D eigenvalue weighted by Crippen LogP contribution is 2.35. The van der Waals surface area contributed by atoms with Crippen molar-refractivity contribution < 1.29 is 19.1 Å². The average Bonchev–Trinajstić information content (AvgIpc) is 3.04. The number of amides is 2. The molecule has 1 aromatic carbocycles. The number of fused-ring (bicyclic) bond motifs is 2. The van der Waals surface area contributed by atoms with Gasteiger partial charge in [-0.1, -0.05) is 0 Å². The van der Waals surface area contributed by atoms with E-state index in [4.69, 9.17) is 21.7 Å². The smallest absolute Gasteiger partial charge is 0.338 e. The number of urea groups is 1. The lowest BCUT2D eigenvalue weighted by atomic mass is 9.98. The van der Waals surface area contributed by atoms with E-state index in [1.54, 1.807) is 31.2 Å². The standard InChI is InChI=1S/C23H34N4O4S/c1-3-30-13-5-12-24-23(32)27-19-10-11-20(27)15-18(14-19)26-22(29)25-17-8-6-16(7-9-17)21(28)31-4-2/h6-9,18-20H,3-5,10-15H2,1-2H3,(H,24,32)(H2,25,26,29)/t18?,19-,20+. The summed E-state index contributed by atoms with van der Waals surface area (Å²) in [5.41, 5.74) is 1.10. The predicted octanol–water partition coefficient (Wildman–Crippen LogP) is 3.28. The number of hydrogen-bond donors (Lipinski definition) is 3. The van der Waals surface area contributed by atoms with E-state index >= 15 is 0 Å². The number of carbonyl (C=O) groups is 2. The van der Waals surface area contributed by atoms with Crippen LogP contribution in [0.15, 0.2) is 24.3 Å². The summed E-state index contributed by atoms with van der Waals surface area (Å²) in [6.07, 6.45) is 4.89. The number of benzene rings is 1. The summed E-state index contributed by atoms with van der Waals surface area (Å²) in [7, 11) is 0. The minimum atomic E-state index is -0.368.